The van der Waals surface area contributed by atoms with Crippen molar-refractivity contribution in [1.29, 1.82) is 0 Å². The highest BCUT2D eigenvalue weighted by molar-refractivity contribution is 5.94. The molecule has 3 aromatic carbocycles. The number of H-pyrrole nitrogens is 1. The minimum Gasteiger partial charge on any atom is -0.489 e. The fraction of sp³-hybridized carbons (Fsp3) is 0.148. The standard InChI is InChI=1S/C27H23N3O3/c1-17-7-9-18(10-8-17)16-33-21-13-11-19(12-14-21)22-15-23(31)28-26-24(22)27(32)30-25(29-26)20-5-3-2-4-6-20/h2-14,22H,15-16H2,1H3,(H2,28,29,30,31,32). The van der Waals surface area contributed by atoms with Gasteiger partial charge in [-0.2, -0.15) is 0 Å². The summed E-state index contributed by atoms with van der Waals surface area (Å²) in [5, 5.41) is 2.77. The molecule has 0 fully saturated rings. The number of amides is 1. The zero-order valence-electron chi connectivity index (χ0n) is 18.2. The van der Waals surface area contributed by atoms with Crippen molar-refractivity contribution in [3.63, 3.8) is 0 Å². The highest BCUT2D eigenvalue weighted by Gasteiger charge is 2.31. The molecule has 0 saturated carbocycles. The van der Waals surface area contributed by atoms with Gasteiger partial charge in [-0.15, -0.1) is 0 Å². The third kappa shape index (κ3) is 4.41. The zero-order valence-corrected chi connectivity index (χ0v) is 18.2. The number of carbonyl (C=O) groups excluding carboxylic acids is 1. The van der Waals surface area contributed by atoms with Crippen molar-refractivity contribution < 1.29 is 9.53 Å². The lowest BCUT2D eigenvalue weighted by molar-refractivity contribution is -0.116. The van der Waals surface area contributed by atoms with Gasteiger partial charge in [0.25, 0.3) is 5.56 Å². The smallest absolute Gasteiger partial charge is 0.257 e. The molecule has 33 heavy (non-hydrogen) atoms. The summed E-state index contributed by atoms with van der Waals surface area (Å²) < 4.78 is 5.89. The van der Waals surface area contributed by atoms with E-state index in [4.69, 9.17) is 4.74 Å². The van der Waals surface area contributed by atoms with Gasteiger partial charge in [0.1, 0.15) is 24.0 Å². The SMILES string of the molecule is Cc1ccc(COc2ccc(C3CC(=O)Nc4nc(-c5ccccc5)[nH]c(=O)c43)cc2)cc1. The summed E-state index contributed by atoms with van der Waals surface area (Å²) in [5.74, 6) is 0.940. The molecule has 2 N–H and O–H groups in total. The van der Waals surface area contributed by atoms with Crippen LogP contribution in [0.5, 0.6) is 5.75 Å². The number of hydrogen-bond acceptors (Lipinski definition) is 4. The van der Waals surface area contributed by atoms with E-state index < -0.39 is 0 Å². The van der Waals surface area contributed by atoms with Gasteiger partial charge in [-0.1, -0.05) is 72.3 Å². The van der Waals surface area contributed by atoms with Crippen molar-refractivity contribution in [2.24, 2.45) is 0 Å². The molecule has 1 unspecified atom stereocenters. The molecule has 2 heterocycles. The second-order valence-corrected chi connectivity index (χ2v) is 8.19. The van der Waals surface area contributed by atoms with E-state index in [1.165, 1.54) is 5.56 Å². The van der Waals surface area contributed by atoms with E-state index in [1.807, 2.05) is 66.7 Å². The number of nitrogens with one attached hydrogen (secondary N) is 2. The van der Waals surface area contributed by atoms with E-state index in [9.17, 15) is 9.59 Å². The van der Waals surface area contributed by atoms with E-state index >= 15 is 0 Å². The van der Waals surface area contributed by atoms with E-state index in [-0.39, 0.29) is 23.8 Å². The average Bonchev–Trinajstić information content (AvgIpc) is 2.84. The van der Waals surface area contributed by atoms with Crippen LogP contribution in [0, 0.1) is 6.92 Å². The fourth-order valence-electron chi connectivity index (χ4n) is 4.04. The average molecular weight is 437 g/mol. The molecule has 6 heteroatoms. The number of benzene rings is 3. The van der Waals surface area contributed by atoms with Crippen molar-refractivity contribution in [2.45, 2.75) is 25.9 Å². The van der Waals surface area contributed by atoms with E-state index in [1.54, 1.807) is 0 Å². The van der Waals surface area contributed by atoms with Crippen LogP contribution < -0.4 is 15.6 Å². The molecule has 0 saturated heterocycles. The summed E-state index contributed by atoms with van der Waals surface area (Å²) in [5.41, 5.74) is 4.18. The van der Waals surface area contributed by atoms with Gasteiger partial charge in [0, 0.05) is 17.9 Å². The molecule has 1 aromatic heterocycles. The van der Waals surface area contributed by atoms with Gasteiger partial charge in [-0.25, -0.2) is 4.98 Å². The number of aromatic nitrogens is 2. The second-order valence-electron chi connectivity index (χ2n) is 8.19. The number of hydrogen-bond donors (Lipinski definition) is 2. The Bertz CT molecular complexity index is 1340. The van der Waals surface area contributed by atoms with Crippen molar-refractivity contribution in [3.05, 3.63) is 111 Å². The lowest BCUT2D eigenvalue weighted by Gasteiger charge is -2.24. The Morgan fingerprint density at radius 1 is 0.939 bits per heavy atom. The molecule has 0 bridgehead atoms. The maximum absolute atomic E-state index is 13.0. The zero-order chi connectivity index (χ0) is 22.8. The topological polar surface area (TPSA) is 84.1 Å². The summed E-state index contributed by atoms with van der Waals surface area (Å²) in [6.45, 7) is 2.52. The Morgan fingerprint density at radius 2 is 1.67 bits per heavy atom. The minimum absolute atomic E-state index is 0.163. The Kier molecular flexibility index (Phi) is 5.48. The first-order valence-corrected chi connectivity index (χ1v) is 10.8. The summed E-state index contributed by atoms with van der Waals surface area (Å²) >= 11 is 0. The molecule has 5 rings (SSSR count). The molecule has 0 radical (unpaired) electrons. The van der Waals surface area contributed by atoms with Gasteiger partial charge in [-0.3, -0.25) is 9.59 Å². The molecule has 1 aliphatic heterocycles. The van der Waals surface area contributed by atoms with Gasteiger partial charge >= 0.3 is 0 Å². The van der Waals surface area contributed by atoms with Crippen LogP contribution >= 0.6 is 0 Å². The minimum atomic E-state index is -0.374. The molecule has 1 amide bonds. The summed E-state index contributed by atoms with van der Waals surface area (Å²) in [7, 11) is 0. The predicted molar refractivity (Wildman–Crippen MR) is 127 cm³/mol. The van der Waals surface area contributed by atoms with E-state index in [2.05, 4.69) is 34.3 Å². The second kappa shape index (κ2) is 8.74. The predicted octanol–water partition coefficient (Wildman–Crippen LogP) is 4.80. The highest BCUT2D eigenvalue weighted by Crippen LogP contribution is 2.35. The van der Waals surface area contributed by atoms with E-state index in [0.717, 1.165) is 22.4 Å². The number of aryl methyl sites for hydroxylation is 1. The van der Waals surface area contributed by atoms with Gasteiger partial charge < -0.3 is 15.0 Å². The number of anilines is 1. The fourth-order valence-corrected chi connectivity index (χ4v) is 4.04. The lowest BCUT2D eigenvalue weighted by Crippen LogP contribution is -2.31. The van der Waals surface area contributed by atoms with Gasteiger partial charge in [0.2, 0.25) is 5.91 Å². The van der Waals surface area contributed by atoms with Crippen LogP contribution in [0.1, 0.15) is 34.6 Å². The number of nitrogens with zero attached hydrogens (tertiary/aromatic N) is 1. The van der Waals surface area contributed by atoms with E-state index in [0.29, 0.717) is 23.8 Å². The Morgan fingerprint density at radius 3 is 2.39 bits per heavy atom. The van der Waals surface area contributed by atoms with Crippen molar-refractivity contribution in [2.75, 3.05) is 5.32 Å². The first-order valence-electron chi connectivity index (χ1n) is 10.8. The van der Waals surface area contributed by atoms with Crippen molar-refractivity contribution in [1.82, 2.24) is 9.97 Å². The number of aromatic amines is 1. The third-order valence-electron chi connectivity index (χ3n) is 5.81. The van der Waals surface area contributed by atoms with Gasteiger partial charge in [-0.05, 0) is 30.2 Å². The van der Waals surface area contributed by atoms with Crippen molar-refractivity contribution in [3.8, 4) is 17.1 Å². The Hall–Kier alpha value is -4.19. The first kappa shape index (κ1) is 20.7. The quantitative estimate of drug-likeness (QED) is 0.470. The first-order chi connectivity index (χ1) is 16.1. The van der Waals surface area contributed by atoms with Crippen LogP contribution in [0.15, 0.2) is 83.7 Å². The summed E-state index contributed by atoms with van der Waals surface area (Å²) in [4.78, 5) is 32.9. The van der Waals surface area contributed by atoms with Crippen LogP contribution in [0.25, 0.3) is 11.4 Å². The van der Waals surface area contributed by atoms with Crippen LogP contribution in [0.3, 0.4) is 0 Å². The molecule has 4 aromatic rings. The summed E-state index contributed by atoms with van der Waals surface area (Å²) in [6.07, 6.45) is 0.187. The van der Waals surface area contributed by atoms with Crippen LogP contribution in [0.2, 0.25) is 0 Å². The monoisotopic (exact) mass is 437 g/mol. The maximum atomic E-state index is 13.0. The molecular weight excluding hydrogens is 414 g/mol. The molecule has 0 spiro atoms. The van der Waals surface area contributed by atoms with Crippen LogP contribution in [-0.2, 0) is 11.4 Å². The third-order valence-corrected chi connectivity index (χ3v) is 5.81. The molecule has 1 atom stereocenters. The Labute approximate surface area is 191 Å². The summed E-state index contributed by atoms with van der Waals surface area (Å²) in [6, 6.07) is 25.1. The maximum Gasteiger partial charge on any atom is 0.257 e. The number of fused-ring (bicyclic) bond motifs is 1. The van der Waals surface area contributed by atoms with Crippen LogP contribution in [0.4, 0.5) is 5.82 Å². The number of carbonyl (C=O) groups is 1. The molecular formula is C27H23N3O3. The molecule has 1 aliphatic rings. The normalized spacial score (nSPS) is 14.9. The van der Waals surface area contributed by atoms with Crippen molar-refractivity contribution >= 4 is 11.7 Å². The van der Waals surface area contributed by atoms with Gasteiger partial charge in [0.05, 0.1) is 5.56 Å². The largest absolute Gasteiger partial charge is 0.489 e. The molecule has 164 valence electrons. The number of rotatable bonds is 5. The molecule has 0 aliphatic carbocycles. The Balaban J connectivity index is 1.40. The highest BCUT2D eigenvalue weighted by atomic mass is 16.5. The molecule has 6 nitrogen and oxygen atoms in total. The number of ether oxygens (including phenoxy) is 1. The van der Waals surface area contributed by atoms with Gasteiger partial charge in [0.15, 0.2) is 0 Å². The van der Waals surface area contributed by atoms with Crippen LogP contribution in [-0.4, -0.2) is 15.9 Å². The lowest BCUT2D eigenvalue weighted by atomic mass is 9.87.